The van der Waals surface area contributed by atoms with Gasteiger partial charge in [0.25, 0.3) is 5.91 Å². The van der Waals surface area contributed by atoms with E-state index in [0.29, 0.717) is 13.1 Å². The highest BCUT2D eigenvalue weighted by Crippen LogP contribution is 2.27. The van der Waals surface area contributed by atoms with Gasteiger partial charge in [-0.1, -0.05) is 0 Å². The van der Waals surface area contributed by atoms with Crippen LogP contribution in [0.15, 0.2) is 18.2 Å². The molecular formula is C13H16N2O2. The van der Waals surface area contributed by atoms with Crippen LogP contribution >= 0.6 is 0 Å². The van der Waals surface area contributed by atoms with Crippen molar-refractivity contribution in [1.82, 2.24) is 4.90 Å². The maximum atomic E-state index is 12.1. The van der Waals surface area contributed by atoms with Gasteiger partial charge in [0.15, 0.2) is 0 Å². The molecular weight excluding hydrogens is 216 g/mol. The summed E-state index contributed by atoms with van der Waals surface area (Å²) in [6.07, 6.45) is 0.894. The number of carbonyl (C=O) groups is 1. The highest BCUT2D eigenvalue weighted by atomic mass is 16.5. The maximum Gasteiger partial charge on any atom is 0.253 e. The Morgan fingerprint density at radius 1 is 1.47 bits per heavy atom. The predicted octanol–water partition coefficient (Wildman–Crippen LogP) is 0.795. The number of carbonyl (C=O) groups excluding carboxylic acids is 1. The molecule has 2 aliphatic heterocycles. The molecule has 17 heavy (non-hydrogen) atoms. The predicted molar refractivity (Wildman–Crippen MR) is 64.1 cm³/mol. The maximum absolute atomic E-state index is 12.1. The van der Waals surface area contributed by atoms with Crippen LogP contribution in [0.25, 0.3) is 0 Å². The number of rotatable bonds is 1. The van der Waals surface area contributed by atoms with Crippen LogP contribution in [0.3, 0.4) is 0 Å². The molecule has 0 radical (unpaired) electrons. The minimum absolute atomic E-state index is 0.0719. The molecule has 3 rings (SSSR count). The second-order valence-electron chi connectivity index (χ2n) is 5.24. The number of benzene rings is 1. The minimum atomic E-state index is -0.213. The number of hydrogen-bond donors (Lipinski definition) is 1. The van der Waals surface area contributed by atoms with Gasteiger partial charge in [0.1, 0.15) is 5.75 Å². The fraction of sp³-hybridized carbons (Fsp3) is 0.462. The van der Waals surface area contributed by atoms with E-state index < -0.39 is 0 Å². The smallest absolute Gasteiger partial charge is 0.253 e. The first-order valence-electron chi connectivity index (χ1n) is 5.89. The molecule has 2 aliphatic rings. The Morgan fingerprint density at radius 2 is 2.24 bits per heavy atom. The molecule has 1 aromatic rings. The van der Waals surface area contributed by atoms with Crippen LogP contribution in [0.4, 0.5) is 0 Å². The molecule has 0 aliphatic carbocycles. The Bertz CT molecular complexity index is 474. The summed E-state index contributed by atoms with van der Waals surface area (Å²) in [7, 11) is 0. The Hall–Kier alpha value is -1.55. The fourth-order valence-electron chi connectivity index (χ4n) is 2.47. The van der Waals surface area contributed by atoms with E-state index in [1.165, 1.54) is 0 Å². The number of nitrogens with zero attached hydrogens (tertiary/aromatic N) is 1. The molecule has 1 amide bonds. The molecule has 2 N–H and O–H groups in total. The molecule has 1 fully saturated rings. The van der Waals surface area contributed by atoms with Gasteiger partial charge in [-0.2, -0.15) is 0 Å². The Morgan fingerprint density at radius 3 is 2.94 bits per heavy atom. The van der Waals surface area contributed by atoms with E-state index in [1.807, 2.05) is 25.1 Å². The lowest BCUT2D eigenvalue weighted by Gasteiger charge is -2.45. The molecule has 0 saturated carbocycles. The molecule has 1 aromatic carbocycles. The average molecular weight is 232 g/mol. The third-order valence-corrected chi connectivity index (χ3v) is 3.33. The lowest BCUT2D eigenvalue weighted by atomic mass is 9.92. The van der Waals surface area contributed by atoms with Crippen LogP contribution in [0, 0.1) is 0 Å². The first kappa shape index (κ1) is 10.6. The van der Waals surface area contributed by atoms with Crippen LogP contribution in [0.5, 0.6) is 5.75 Å². The number of amides is 1. The quantitative estimate of drug-likeness (QED) is 0.779. The molecule has 0 spiro atoms. The van der Waals surface area contributed by atoms with E-state index in [4.69, 9.17) is 10.5 Å². The summed E-state index contributed by atoms with van der Waals surface area (Å²) >= 11 is 0. The summed E-state index contributed by atoms with van der Waals surface area (Å²) < 4.78 is 5.42. The summed E-state index contributed by atoms with van der Waals surface area (Å²) in [4.78, 5) is 13.9. The first-order valence-corrected chi connectivity index (χ1v) is 5.89. The van der Waals surface area contributed by atoms with Crippen molar-refractivity contribution in [2.45, 2.75) is 18.9 Å². The van der Waals surface area contributed by atoms with Crippen molar-refractivity contribution >= 4 is 5.91 Å². The van der Waals surface area contributed by atoms with Gasteiger partial charge in [-0.05, 0) is 30.7 Å². The highest BCUT2D eigenvalue weighted by Gasteiger charge is 2.38. The lowest BCUT2D eigenvalue weighted by molar-refractivity contribution is 0.0453. The van der Waals surface area contributed by atoms with Gasteiger partial charge >= 0.3 is 0 Å². The Balaban J connectivity index is 1.79. The monoisotopic (exact) mass is 232 g/mol. The summed E-state index contributed by atoms with van der Waals surface area (Å²) in [6, 6.07) is 5.66. The van der Waals surface area contributed by atoms with Crippen molar-refractivity contribution in [2.75, 3.05) is 19.7 Å². The lowest BCUT2D eigenvalue weighted by Crippen LogP contribution is -2.66. The normalized spacial score (nSPS) is 20.5. The largest absolute Gasteiger partial charge is 0.493 e. The van der Waals surface area contributed by atoms with Gasteiger partial charge < -0.3 is 15.4 Å². The molecule has 0 unspecified atom stereocenters. The fourth-order valence-corrected chi connectivity index (χ4v) is 2.47. The van der Waals surface area contributed by atoms with E-state index in [2.05, 4.69) is 0 Å². The second-order valence-corrected chi connectivity index (χ2v) is 5.24. The molecule has 0 aromatic heterocycles. The summed E-state index contributed by atoms with van der Waals surface area (Å²) in [5.41, 5.74) is 7.56. The van der Waals surface area contributed by atoms with Crippen molar-refractivity contribution in [3.63, 3.8) is 0 Å². The van der Waals surface area contributed by atoms with E-state index >= 15 is 0 Å². The molecule has 0 bridgehead atoms. The van der Waals surface area contributed by atoms with Crippen LogP contribution in [0.2, 0.25) is 0 Å². The zero-order chi connectivity index (χ0) is 12.0. The van der Waals surface area contributed by atoms with Crippen LogP contribution < -0.4 is 10.5 Å². The number of hydrogen-bond acceptors (Lipinski definition) is 3. The molecule has 1 saturated heterocycles. The molecule has 2 heterocycles. The third-order valence-electron chi connectivity index (χ3n) is 3.33. The number of fused-ring (bicyclic) bond motifs is 1. The van der Waals surface area contributed by atoms with Crippen molar-refractivity contribution in [3.05, 3.63) is 29.3 Å². The Labute approximate surface area is 100 Å². The van der Waals surface area contributed by atoms with Gasteiger partial charge in [-0.15, -0.1) is 0 Å². The summed E-state index contributed by atoms with van der Waals surface area (Å²) in [5, 5.41) is 0. The van der Waals surface area contributed by atoms with Crippen molar-refractivity contribution in [1.29, 1.82) is 0 Å². The Kier molecular flexibility index (Phi) is 2.16. The van der Waals surface area contributed by atoms with Crippen LogP contribution in [-0.4, -0.2) is 36.0 Å². The van der Waals surface area contributed by atoms with Crippen LogP contribution in [-0.2, 0) is 6.42 Å². The zero-order valence-corrected chi connectivity index (χ0v) is 9.90. The molecule has 4 nitrogen and oxygen atoms in total. The van der Waals surface area contributed by atoms with E-state index in [9.17, 15) is 4.79 Å². The van der Waals surface area contributed by atoms with E-state index in [-0.39, 0.29) is 11.4 Å². The minimum Gasteiger partial charge on any atom is -0.493 e. The highest BCUT2D eigenvalue weighted by molar-refractivity contribution is 5.95. The molecule has 90 valence electrons. The standard InChI is InChI=1S/C13H16N2O2/c1-13(14)7-15(8-13)12(16)10-2-3-11-9(6-10)4-5-17-11/h2-3,6H,4-5,7-8,14H2,1H3. The topological polar surface area (TPSA) is 55.6 Å². The van der Waals surface area contributed by atoms with E-state index in [0.717, 1.165) is 29.9 Å². The molecule has 0 atom stereocenters. The zero-order valence-electron chi connectivity index (χ0n) is 9.90. The third kappa shape index (κ3) is 1.78. The average Bonchev–Trinajstić information content (AvgIpc) is 2.71. The van der Waals surface area contributed by atoms with Crippen molar-refractivity contribution < 1.29 is 9.53 Å². The van der Waals surface area contributed by atoms with Crippen LogP contribution in [0.1, 0.15) is 22.8 Å². The number of nitrogens with two attached hydrogens (primary N) is 1. The summed E-state index contributed by atoms with van der Waals surface area (Å²) in [6.45, 7) is 3.96. The SMILES string of the molecule is CC1(N)CN(C(=O)c2ccc3c(c2)CCO3)C1. The molecule has 4 heteroatoms. The first-order chi connectivity index (χ1) is 8.05. The number of ether oxygens (including phenoxy) is 1. The van der Waals surface area contributed by atoms with Gasteiger partial charge in [-0.25, -0.2) is 0 Å². The van der Waals surface area contributed by atoms with E-state index in [1.54, 1.807) is 4.90 Å². The van der Waals surface area contributed by atoms with Crippen molar-refractivity contribution in [3.8, 4) is 5.75 Å². The van der Waals surface area contributed by atoms with Gasteiger partial charge in [0.05, 0.1) is 6.61 Å². The van der Waals surface area contributed by atoms with Gasteiger partial charge in [0, 0.05) is 30.6 Å². The summed E-state index contributed by atoms with van der Waals surface area (Å²) in [5.74, 6) is 0.983. The van der Waals surface area contributed by atoms with Gasteiger partial charge in [-0.3, -0.25) is 4.79 Å². The van der Waals surface area contributed by atoms with Crippen molar-refractivity contribution in [2.24, 2.45) is 5.73 Å². The number of likely N-dealkylation sites (tertiary alicyclic amines) is 1. The van der Waals surface area contributed by atoms with Gasteiger partial charge in [0.2, 0.25) is 0 Å². The second kappa shape index (κ2) is 3.47.